The predicted octanol–water partition coefficient (Wildman–Crippen LogP) is 3.58. The van der Waals surface area contributed by atoms with Crippen LogP contribution < -0.4 is 5.73 Å². The molecule has 1 heterocycles. The van der Waals surface area contributed by atoms with E-state index in [9.17, 15) is 0 Å². The third-order valence-corrected chi connectivity index (χ3v) is 3.99. The van der Waals surface area contributed by atoms with E-state index in [4.69, 9.17) is 10.5 Å². The minimum Gasteiger partial charge on any atom is -0.378 e. The summed E-state index contributed by atoms with van der Waals surface area (Å²) in [6.45, 7) is 3.02. The molecule has 1 saturated heterocycles. The van der Waals surface area contributed by atoms with E-state index in [-0.39, 0.29) is 5.54 Å². The van der Waals surface area contributed by atoms with Gasteiger partial charge in [-0.3, -0.25) is 0 Å². The molecule has 0 aromatic heterocycles. The molecule has 1 aromatic carbocycles. The van der Waals surface area contributed by atoms with E-state index in [0.717, 1.165) is 23.9 Å². The monoisotopic (exact) mass is 297 g/mol. The molecule has 2 atom stereocenters. The Hall–Kier alpha value is -0.380. The van der Waals surface area contributed by atoms with Gasteiger partial charge in [0.2, 0.25) is 0 Å². The van der Waals surface area contributed by atoms with Crippen molar-refractivity contribution in [3.8, 4) is 0 Å². The lowest BCUT2D eigenvalue weighted by Gasteiger charge is -2.26. The maximum Gasteiger partial charge on any atom is 0.0576 e. The number of hydrogen-bond acceptors (Lipinski definition) is 2. The summed E-state index contributed by atoms with van der Waals surface area (Å²) in [5.41, 5.74) is 7.33. The molecule has 0 radical (unpaired) electrons. The van der Waals surface area contributed by atoms with Crippen LogP contribution in [0.1, 0.15) is 38.2 Å². The zero-order chi connectivity index (χ0) is 12.3. The first-order chi connectivity index (χ1) is 8.08. The molecule has 2 rings (SSSR count). The van der Waals surface area contributed by atoms with E-state index < -0.39 is 0 Å². The van der Waals surface area contributed by atoms with Crippen LogP contribution in [0.25, 0.3) is 0 Å². The number of halogens is 1. The summed E-state index contributed by atoms with van der Waals surface area (Å²) in [6, 6.07) is 8.27. The zero-order valence-electron chi connectivity index (χ0n) is 10.3. The Morgan fingerprint density at radius 3 is 3.00 bits per heavy atom. The second-order valence-corrected chi connectivity index (χ2v) is 6.02. The molecule has 3 heteroatoms. The highest BCUT2D eigenvalue weighted by molar-refractivity contribution is 9.10. The molecule has 17 heavy (non-hydrogen) atoms. The van der Waals surface area contributed by atoms with Crippen molar-refractivity contribution in [1.29, 1.82) is 0 Å². The Bertz CT molecular complexity index is 372. The van der Waals surface area contributed by atoms with Gasteiger partial charge in [-0.25, -0.2) is 0 Å². The third-order valence-electron chi connectivity index (χ3n) is 3.49. The second-order valence-electron chi connectivity index (χ2n) is 5.10. The lowest BCUT2D eigenvalue weighted by molar-refractivity contribution is 0.0967. The molecule has 0 amide bonds. The highest BCUT2D eigenvalue weighted by Crippen LogP contribution is 2.28. The number of benzene rings is 1. The molecule has 1 aromatic rings. The summed E-state index contributed by atoms with van der Waals surface area (Å²) in [4.78, 5) is 0. The zero-order valence-corrected chi connectivity index (χ0v) is 11.9. The second kappa shape index (κ2) is 5.51. The van der Waals surface area contributed by atoms with Crippen LogP contribution in [0.3, 0.4) is 0 Å². The van der Waals surface area contributed by atoms with Crippen LogP contribution in [0.15, 0.2) is 28.7 Å². The number of ether oxygens (including phenoxy) is 1. The molecule has 0 bridgehead atoms. The maximum absolute atomic E-state index is 6.41. The highest BCUT2D eigenvalue weighted by atomic mass is 79.9. The van der Waals surface area contributed by atoms with Gasteiger partial charge in [0, 0.05) is 16.6 Å². The van der Waals surface area contributed by atoms with Crippen molar-refractivity contribution in [2.75, 3.05) is 6.61 Å². The van der Waals surface area contributed by atoms with Gasteiger partial charge in [0.25, 0.3) is 0 Å². The number of hydrogen-bond donors (Lipinski definition) is 1. The van der Waals surface area contributed by atoms with Crippen molar-refractivity contribution in [2.24, 2.45) is 5.73 Å². The molecule has 1 aliphatic heterocycles. The smallest absolute Gasteiger partial charge is 0.0576 e. The van der Waals surface area contributed by atoms with Crippen LogP contribution in [0.5, 0.6) is 0 Å². The summed E-state index contributed by atoms with van der Waals surface area (Å²) < 4.78 is 6.73. The first-order valence-corrected chi connectivity index (χ1v) is 7.04. The predicted molar refractivity (Wildman–Crippen MR) is 73.9 cm³/mol. The Labute approximate surface area is 112 Å². The van der Waals surface area contributed by atoms with Crippen molar-refractivity contribution in [3.05, 3.63) is 34.3 Å². The van der Waals surface area contributed by atoms with Gasteiger partial charge in [0.15, 0.2) is 0 Å². The van der Waals surface area contributed by atoms with Crippen molar-refractivity contribution in [2.45, 2.75) is 44.2 Å². The van der Waals surface area contributed by atoms with E-state index in [1.165, 1.54) is 18.4 Å². The fourth-order valence-electron chi connectivity index (χ4n) is 2.32. The first-order valence-electron chi connectivity index (χ1n) is 6.24. The average molecular weight is 298 g/mol. The van der Waals surface area contributed by atoms with Gasteiger partial charge in [0.05, 0.1) is 6.10 Å². The Morgan fingerprint density at radius 2 is 2.35 bits per heavy atom. The Morgan fingerprint density at radius 1 is 1.53 bits per heavy atom. The Kier molecular flexibility index (Phi) is 4.23. The normalized spacial score (nSPS) is 23.6. The molecule has 1 aliphatic rings. The van der Waals surface area contributed by atoms with E-state index >= 15 is 0 Å². The van der Waals surface area contributed by atoms with Gasteiger partial charge < -0.3 is 10.5 Å². The number of nitrogens with two attached hydrogens (primary N) is 1. The van der Waals surface area contributed by atoms with E-state index in [1.807, 2.05) is 12.1 Å². The molecule has 2 nitrogen and oxygen atoms in total. The summed E-state index contributed by atoms with van der Waals surface area (Å²) in [7, 11) is 0. The first kappa shape index (κ1) is 13.1. The van der Waals surface area contributed by atoms with Crippen LogP contribution in [-0.4, -0.2) is 12.7 Å². The minimum absolute atomic E-state index is 0.268. The fraction of sp³-hybridized carbons (Fsp3) is 0.571. The van der Waals surface area contributed by atoms with E-state index in [0.29, 0.717) is 6.10 Å². The lowest BCUT2D eigenvalue weighted by Crippen LogP contribution is -2.34. The maximum atomic E-state index is 6.41. The van der Waals surface area contributed by atoms with E-state index in [1.54, 1.807) is 0 Å². The lowest BCUT2D eigenvalue weighted by atomic mass is 9.87. The molecular formula is C14H20BrNO. The molecule has 94 valence electrons. The van der Waals surface area contributed by atoms with Crippen molar-refractivity contribution in [1.82, 2.24) is 0 Å². The third kappa shape index (κ3) is 3.54. The van der Waals surface area contributed by atoms with Gasteiger partial charge in [-0.15, -0.1) is 0 Å². The quantitative estimate of drug-likeness (QED) is 0.922. The van der Waals surface area contributed by atoms with Crippen LogP contribution in [-0.2, 0) is 10.3 Å². The summed E-state index contributed by atoms with van der Waals surface area (Å²) in [6.07, 6.45) is 4.83. The molecule has 0 saturated carbocycles. The summed E-state index contributed by atoms with van der Waals surface area (Å²) in [5.74, 6) is 0. The largest absolute Gasteiger partial charge is 0.378 e. The van der Waals surface area contributed by atoms with Crippen molar-refractivity contribution in [3.63, 3.8) is 0 Å². The van der Waals surface area contributed by atoms with E-state index in [2.05, 4.69) is 35.0 Å². The average Bonchev–Trinajstić information content (AvgIpc) is 2.79. The Balaban J connectivity index is 1.97. The minimum atomic E-state index is -0.268. The standard InChI is InChI=1S/C14H20BrNO/c1-14(16,8-7-13-6-3-9-17-13)11-4-2-5-12(15)10-11/h2,4-5,10,13H,3,6-9,16H2,1H3. The number of rotatable bonds is 4. The molecule has 2 unspecified atom stereocenters. The molecule has 2 N–H and O–H groups in total. The van der Waals surface area contributed by atoms with Gasteiger partial charge in [0.1, 0.15) is 0 Å². The van der Waals surface area contributed by atoms with Gasteiger partial charge in [-0.2, -0.15) is 0 Å². The van der Waals surface area contributed by atoms with Crippen molar-refractivity contribution >= 4 is 15.9 Å². The molecule has 0 aliphatic carbocycles. The SMILES string of the molecule is CC(N)(CCC1CCCO1)c1cccc(Br)c1. The molecular weight excluding hydrogens is 278 g/mol. The molecule has 1 fully saturated rings. The highest BCUT2D eigenvalue weighted by Gasteiger charge is 2.24. The van der Waals surface area contributed by atoms with Crippen LogP contribution in [0.2, 0.25) is 0 Å². The molecule has 0 spiro atoms. The van der Waals surface area contributed by atoms with Crippen LogP contribution in [0.4, 0.5) is 0 Å². The summed E-state index contributed by atoms with van der Waals surface area (Å²) >= 11 is 3.49. The van der Waals surface area contributed by atoms with Gasteiger partial charge in [-0.05, 0) is 50.3 Å². The van der Waals surface area contributed by atoms with Gasteiger partial charge >= 0.3 is 0 Å². The summed E-state index contributed by atoms with van der Waals surface area (Å²) in [5, 5.41) is 0. The fourth-order valence-corrected chi connectivity index (χ4v) is 2.72. The van der Waals surface area contributed by atoms with Gasteiger partial charge in [-0.1, -0.05) is 28.1 Å². The van der Waals surface area contributed by atoms with Crippen molar-refractivity contribution < 1.29 is 4.74 Å². The topological polar surface area (TPSA) is 35.2 Å². The van der Waals surface area contributed by atoms with Crippen LogP contribution >= 0.6 is 15.9 Å². The van der Waals surface area contributed by atoms with Crippen LogP contribution in [0, 0.1) is 0 Å².